The number of hydrogen-bond acceptors (Lipinski definition) is 3. The summed E-state index contributed by atoms with van der Waals surface area (Å²) in [5, 5.41) is 0.869. The molecule has 0 saturated carbocycles. The summed E-state index contributed by atoms with van der Waals surface area (Å²) in [6.07, 6.45) is 12.0. The molecule has 0 spiro atoms. The van der Waals surface area contributed by atoms with E-state index in [1.807, 2.05) is 0 Å². The maximum atomic E-state index is 9.67. The van der Waals surface area contributed by atoms with Gasteiger partial charge in [-0.05, 0) is 62.0 Å². The summed E-state index contributed by atoms with van der Waals surface area (Å²) >= 11 is 7.08. The molecule has 0 fully saturated rings. The van der Waals surface area contributed by atoms with Crippen LogP contribution in [0.4, 0.5) is 24.3 Å². The van der Waals surface area contributed by atoms with Gasteiger partial charge in [-0.25, -0.2) is 0 Å². The second kappa shape index (κ2) is 13.7. The predicted octanol–water partition coefficient (Wildman–Crippen LogP) is 8.99. The van der Waals surface area contributed by atoms with Crippen LogP contribution in [0.25, 0.3) is 0 Å². The van der Waals surface area contributed by atoms with Gasteiger partial charge >= 0.3 is 7.54 Å². The van der Waals surface area contributed by atoms with Crippen molar-refractivity contribution in [2.24, 2.45) is 0 Å². The minimum absolute atomic E-state index is 0.121. The highest BCUT2D eigenvalue weighted by Crippen LogP contribution is 2.48. The van der Waals surface area contributed by atoms with Crippen LogP contribution < -0.4 is 4.90 Å². The Morgan fingerprint density at radius 2 is 1.53 bits per heavy atom. The van der Waals surface area contributed by atoms with Gasteiger partial charge in [0.05, 0.1) is 5.41 Å². The standard InChI is InChI=1S/C34H40ClN2O2.BF3/c1-33(2)26-14-7-9-16-28(26)36(22-38-5)30(33)20-18-24-12-11-13-25(32(24)35)19-21-31-34(3,4)27-15-8-10-17-29(27)37(31)23-39-6;2-1(3)4/h7-10,14-21H,11-13,22-23H2,1-6H3;/q+1;. The van der Waals surface area contributed by atoms with E-state index in [0.29, 0.717) is 13.5 Å². The fourth-order valence-corrected chi connectivity index (χ4v) is 6.70. The third-order valence-electron chi connectivity index (χ3n) is 8.46. The quantitative estimate of drug-likeness (QED) is 0.231. The maximum Gasteiger partial charge on any atom is 0.762 e. The van der Waals surface area contributed by atoms with E-state index in [0.717, 1.165) is 24.3 Å². The summed E-state index contributed by atoms with van der Waals surface area (Å²) in [6.45, 7) is 10.2. The van der Waals surface area contributed by atoms with Crippen molar-refractivity contribution >= 4 is 36.2 Å². The number of hydrogen-bond donors (Lipinski definition) is 0. The van der Waals surface area contributed by atoms with Crippen LogP contribution in [-0.4, -0.2) is 45.5 Å². The summed E-state index contributed by atoms with van der Waals surface area (Å²) in [5.74, 6) is 0. The summed E-state index contributed by atoms with van der Waals surface area (Å²) in [5.41, 5.74) is 9.63. The summed E-state index contributed by atoms with van der Waals surface area (Å²) in [7, 11) is -0.168. The molecule has 5 rings (SSSR count). The number of rotatable bonds is 7. The van der Waals surface area contributed by atoms with Crippen molar-refractivity contribution in [1.29, 1.82) is 0 Å². The number of benzene rings is 2. The van der Waals surface area contributed by atoms with Gasteiger partial charge in [0.1, 0.15) is 6.73 Å². The number of allylic oxidation sites excluding steroid dienone is 8. The molecule has 0 aromatic heterocycles. The summed E-state index contributed by atoms with van der Waals surface area (Å²) in [4.78, 5) is 2.27. The van der Waals surface area contributed by atoms with E-state index in [9.17, 15) is 12.9 Å². The van der Waals surface area contributed by atoms with Crippen molar-refractivity contribution in [3.63, 3.8) is 0 Å². The van der Waals surface area contributed by atoms with Crippen LogP contribution in [0.3, 0.4) is 0 Å². The molecule has 2 heterocycles. The van der Waals surface area contributed by atoms with E-state index in [1.54, 1.807) is 14.2 Å². The normalized spacial score (nSPS) is 20.6. The molecule has 9 heteroatoms. The van der Waals surface area contributed by atoms with E-state index in [-0.39, 0.29) is 10.8 Å². The van der Waals surface area contributed by atoms with Crippen LogP contribution in [0.2, 0.25) is 0 Å². The fourth-order valence-electron chi connectivity index (χ4n) is 6.39. The highest BCUT2D eigenvalue weighted by atomic mass is 35.5. The Balaban J connectivity index is 0.000000996. The predicted molar refractivity (Wildman–Crippen MR) is 171 cm³/mol. The number of methoxy groups -OCH3 is 2. The molecule has 2 aromatic rings. The molecule has 43 heavy (non-hydrogen) atoms. The van der Waals surface area contributed by atoms with Crippen LogP contribution in [0.1, 0.15) is 58.1 Å². The third-order valence-corrected chi connectivity index (χ3v) is 8.94. The molecule has 1 aliphatic carbocycles. The van der Waals surface area contributed by atoms with Gasteiger partial charge < -0.3 is 14.4 Å². The molecule has 0 N–H and O–H groups in total. The number of halogens is 4. The first-order chi connectivity index (χ1) is 20.4. The molecule has 0 unspecified atom stereocenters. The van der Waals surface area contributed by atoms with Gasteiger partial charge in [0.25, 0.3) is 6.73 Å². The van der Waals surface area contributed by atoms with E-state index in [2.05, 4.69) is 110 Å². The number of ether oxygens (including phenoxy) is 2. The molecular weight excluding hydrogens is 572 g/mol. The van der Waals surface area contributed by atoms with Gasteiger partial charge in [0, 0.05) is 53.8 Å². The highest BCUT2D eigenvalue weighted by molar-refractivity contribution is 6.33. The molecular formula is C34H40BClF3N2O2+. The van der Waals surface area contributed by atoms with Gasteiger partial charge in [0.15, 0.2) is 5.71 Å². The average molecular weight is 612 g/mol. The smallest absolute Gasteiger partial charge is 0.364 e. The monoisotopic (exact) mass is 611 g/mol. The first-order valence-electron chi connectivity index (χ1n) is 14.4. The van der Waals surface area contributed by atoms with Crippen molar-refractivity contribution in [3.05, 3.63) is 106 Å². The molecule has 2 aromatic carbocycles. The number of nitrogens with zero attached hydrogens (tertiary/aromatic N) is 2. The van der Waals surface area contributed by atoms with Crippen molar-refractivity contribution in [1.82, 2.24) is 0 Å². The first-order valence-corrected chi connectivity index (χ1v) is 14.8. The number of anilines is 1. The summed E-state index contributed by atoms with van der Waals surface area (Å²) in [6, 6.07) is 17.2. The van der Waals surface area contributed by atoms with Gasteiger partial charge in [-0.2, -0.15) is 4.58 Å². The molecule has 0 amide bonds. The second-order valence-electron chi connectivity index (χ2n) is 11.9. The molecule has 228 valence electrons. The maximum absolute atomic E-state index is 9.67. The van der Waals surface area contributed by atoms with Gasteiger partial charge in [-0.15, -0.1) is 0 Å². The topological polar surface area (TPSA) is 24.7 Å². The first kappa shape index (κ1) is 32.8. The zero-order valence-electron chi connectivity index (χ0n) is 25.8. The van der Waals surface area contributed by atoms with Gasteiger partial charge in [-0.3, -0.25) is 12.9 Å². The van der Waals surface area contributed by atoms with Gasteiger partial charge in [-0.1, -0.05) is 74.0 Å². The Kier molecular flexibility index (Phi) is 10.5. The Bertz CT molecular complexity index is 1490. The lowest BCUT2D eigenvalue weighted by Gasteiger charge is -2.26. The zero-order valence-corrected chi connectivity index (χ0v) is 26.5. The molecule has 0 atom stereocenters. The van der Waals surface area contributed by atoms with Gasteiger partial charge in [0.2, 0.25) is 5.69 Å². The Labute approximate surface area is 259 Å². The second-order valence-corrected chi connectivity index (χ2v) is 12.3. The van der Waals surface area contributed by atoms with Crippen LogP contribution in [0, 0.1) is 0 Å². The van der Waals surface area contributed by atoms with Crippen LogP contribution >= 0.6 is 11.6 Å². The van der Waals surface area contributed by atoms with Crippen molar-refractivity contribution in [3.8, 4) is 0 Å². The Morgan fingerprint density at radius 3 is 2.21 bits per heavy atom. The Morgan fingerprint density at radius 1 is 0.884 bits per heavy atom. The minimum atomic E-state index is -3.67. The lowest BCUT2D eigenvalue weighted by Crippen LogP contribution is -2.28. The fraction of sp³-hybridized carbons (Fsp3) is 0.382. The van der Waals surface area contributed by atoms with Crippen LogP contribution in [0.5, 0.6) is 0 Å². The Hall–Kier alpha value is -3.07. The molecule has 3 aliphatic rings. The SMILES string of the molecule is COCN1C(=CC=C2CCCC(C=CC3=[N+](COC)c4ccccc4C3(C)C)=C2Cl)C(C)(C)c2ccccc21.FB(F)F. The van der Waals surface area contributed by atoms with E-state index >= 15 is 0 Å². The van der Waals surface area contributed by atoms with E-state index < -0.39 is 7.54 Å². The van der Waals surface area contributed by atoms with Crippen LogP contribution in [-0.2, 0) is 20.3 Å². The average Bonchev–Trinajstić information content (AvgIpc) is 3.31. The van der Waals surface area contributed by atoms with Crippen molar-refractivity contribution in [2.75, 3.05) is 32.6 Å². The lowest BCUT2D eigenvalue weighted by molar-refractivity contribution is -0.485. The highest BCUT2D eigenvalue weighted by Gasteiger charge is 2.44. The molecule has 4 nitrogen and oxygen atoms in total. The van der Waals surface area contributed by atoms with E-state index in [1.165, 1.54) is 45.1 Å². The van der Waals surface area contributed by atoms with Crippen molar-refractivity contribution < 1.29 is 27.0 Å². The van der Waals surface area contributed by atoms with Crippen molar-refractivity contribution in [2.45, 2.75) is 57.8 Å². The zero-order chi connectivity index (χ0) is 31.4. The molecule has 2 aliphatic heterocycles. The third kappa shape index (κ3) is 6.72. The summed E-state index contributed by atoms with van der Waals surface area (Å²) < 4.78 is 42.4. The van der Waals surface area contributed by atoms with E-state index in [4.69, 9.17) is 21.1 Å². The van der Waals surface area contributed by atoms with Crippen LogP contribution in [0.15, 0.2) is 94.7 Å². The number of para-hydroxylation sites is 2. The lowest BCUT2D eigenvalue weighted by atomic mass is 9.81. The molecule has 0 bridgehead atoms. The minimum Gasteiger partial charge on any atom is -0.364 e. The molecule has 0 radical (unpaired) electrons. The number of fused-ring (bicyclic) bond motifs is 2. The largest absolute Gasteiger partial charge is 0.762 e. The molecule has 0 saturated heterocycles.